The Morgan fingerprint density at radius 1 is 1.61 bits per heavy atom. The third kappa shape index (κ3) is 2.62. The number of H-pyrrole nitrogens is 1. The van der Waals surface area contributed by atoms with Crippen molar-refractivity contribution in [3.05, 3.63) is 11.4 Å². The first-order valence-electron chi connectivity index (χ1n) is 5.91. The number of nitrogens with zero attached hydrogens (tertiary/aromatic N) is 1. The Morgan fingerprint density at radius 2 is 2.28 bits per heavy atom. The number of aromatic amines is 1. The van der Waals surface area contributed by atoms with Crippen molar-refractivity contribution < 1.29 is 14.6 Å². The number of rotatable bonds is 3. The summed E-state index contributed by atoms with van der Waals surface area (Å²) in [6, 6.07) is 0. The van der Waals surface area contributed by atoms with Crippen LogP contribution in [-0.4, -0.2) is 46.6 Å². The smallest absolute Gasteiger partial charge is 0.274 e. The van der Waals surface area contributed by atoms with Gasteiger partial charge in [-0.2, -0.15) is 5.10 Å². The molecule has 0 radical (unpaired) electrons. The number of hydrogen-bond donors (Lipinski definition) is 4. The molecule has 5 N–H and O–H groups in total. The van der Waals surface area contributed by atoms with Crippen LogP contribution in [0.2, 0.25) is 0 Å². The molecule has 100 valence electrons. The van der Waals surface area contributed by atoms with E-state index in [4.69, 9.17) is 10.5 Å². The molecule has 18 heavy (non-hydrogen) atoms. The molecule has 7 heteroatoms. The lowest BCUT2D eigenvalue weighted by atomic mass is 9.94. The second-order valence-electron chi connectivity index (χ2n) is 4.63. The molecule has 0 unspecified atom stereocenters. The van der Waals surface area contributed by atoms with E-state index in [1.807, 2.05) is 0 Å². The van der Waals surface area contributed by atoms with E-state index in [2.05, 4.69) is 15.5 Å². The number of ether oxygens (including phenoxy) is 1. The first-order valence-corrected chi connectivity index (χ1v) is 5.91. The van der Waals surface area contributed by atoms with E-state index in [1.165, 1.54) is 0 Å². The standard InChI is InChI=1S/C11H18N4O3/c1-7-8(12)9(15-14-7)10(16)13-6-11(17)2-4-18-5-3-11/h17H,2-6,12H2,1H3,(H,13,16)(H,14,15). The highest BCUT2D eigenvalue weighted by Gasteiger charge is 2.30. The van der Waals surface area contributed by atoms with Gasteiger partial charge in [-0.25, -0.2) is 0 Å². The number of carbonyl (C=O) groups excluding carboxylic acids is 1. The fraction of sp³-hybridized carbons (Fsp3) is 0.636. The highest BCUT2D eigenvalue weighted by Crippen LogP contribution is 2.19. The highest BCUT2D eigenvalue weighted by molar-refractivity contribution is 5.97. The zero-order valence-electron chi connectivity index (χ0n) is 10.3. The van der Waals surface area contributed by atoms with Gasteiger partial charge in [0.25, 0.3) is 5.91 Å². The number of nitrogens with one attached hydrogen (secondary N) is 2. The van der Waals surface area contributed by atoms with E-state index in [9.17, 15) is 9.90 Å². The van der Waals surface area contributed by atoms with Crippen LogP contribution in [0.25, 0.3) is 0 Å². The van der Waals surface area contributed by atoms with Gasteiger partial charge in [0, 0.05) is 32.6 Å². The summed E-state index contributed by atoms with van der Waals surface area (Å²) in [5.41, 5.74) is 5.98. The average molecular weight is 254 g/mol. The molecule has 7 nitrogen and oxygen atoms in total. The molecule has 0 aliphatic carbocycles. The number of amides is 1. The third-order valence-corrected chi connectivity index (χ3v) is 3.21. The van der Waals surface area contributed by atoms with E-state index >= 15 is 0 Å². The second kappa shape index (κ2) is 4.95. The summed E-state index contributed by atoms with van der Waals surface area (Å²) in [6.07, 6.45) is 1.03. The van der Waals surface area contributed by atoms with Crippen LogP contribution in [0.5, 0.6) is 0 Å². The molecule has 0 saturated carbocycles. The minimum absolute atomic E-state index is 0.170. The maximum atomic E-state index is 11.8. The van der Waals surface area contributed by atoms with Gasteiger partial charge in [-0.15, -0.1) is 0 Å². The second-order valence-corrected chi connectivity index (χ2v) is 4.63. The maximum absolute atomic E-state index is 11.8. The summed E-state index contributed by atoms with van der Waals surface area (Å²) in [6.45, 7) is 2.94. The van der Waals surface area contributed by atoms with E-state index < -0.39 is 5.60 Å². The predicted octanol–water partition coefficient (Wildman–Crippen LogP) is -0.428. The fourth-order valence-electron chi connectivity index (χ4n) is 1.87. The van der Waals surface area contributed by atoms with Gasteiger partial charge in [-0.05, 0) is 6.92 Å². The quantitative estimate of drug-likeness (QED) is 0.584. The number of aryl methyl sites for hydroxylation is 1. The van der Waals surface area contributed by atoms with Crippen molar-refractivity contribution in [2.24, 2.45) is 0 Å². The topological polar surface area (TPSA) is 113 Å². The number of aromatic nitrogens is 2. The molecule has 1 aliphatic heterocycles. The Balaban J connectivity index is 1.94. The molecule has 2 heterocycles. The Labute approximate surface area is 105 Å². The summed E-state index contributed by atoms with van der Waals surface area (Å²) < 4.78 is 5.17. The van der Waals surface area contributed by atoms with Gasteiger partial charge in [-0.3, -0.25) is 9.89 Å². The number of hydrogen-bond acceptors (Lipinski definition) is 5. The molecule has 2 rings (SSSR count). The minimum Gasteiger partial charge on any atom is -0.395 e. The lowest BCUT2D eigenvalue weighted by Crippen LogP contribution is -2.46. The van der Waals surface area contributed by atoms with Crippen LogP contribution < -0.4 is 11.1 Å². The van der Waals surface area contributed by atoms with Crippen LogP contribution >= 0.6 is 0 Å². The number of nitrogens with two attached hydrogens (primary N) is 1. The predicted molar refractivity (Wildman–Crippen MR) is 65.1 cm³/mol. The molecule has 0 bridgehead atoms. The molecule has 1 aromatic rings. The molecule has 1 aliphatic rings. The highest BCUT2D eigenvalue weighted by atomic mass is 16.5. The van der Waals surface area contributed by atoms with E-state index in [-0.39, 0.29) is 18.1 Å². The fourth-order valence-corrected chi connectivity index (χ4v) is 1.87. The third-order valence-electron chi connectivity index (χ3n) is 3.21. The number of aliphatic hydroxyl groups is 1. The van der Waals surface area contributed by atoms with Crippen LogP contribution in [0.4, 0.5) is 5.69 Å². The van der Waals surface area contributed by atoms with Crippen LogP contribution in [0, 0.1) is 6.92 Å². The van der Waals surface area contributed by atoms with Crippen molar-refractivity contribution in [1.82, 2.24) is 15.5 Å². The average Bonchev–Trinajstić information content (AvgIpc) is 2.68. The minimum atomic E-state index is -0.895. The SMILES string of the molecule is Cc1[nH]nc(C(=O)NCC2(O)CCOCC2)c1N. The van der Waals surface area contributed by atoms with Gasteiger partial charge >= 0.3 is 0 Å². The van der Waals surface area contributed by atoms with Crippen molar-refractivity contribution in [3.8, 4) is 0 Å². The monoisotopic (exact) mass is 254 g/mol. The molecular formula is C11H18N4O3. The lowest BCUT2D eigenvalue weighted by Gasteiger charge is -2.31. The molecule has 1 amide bonds. The number of carbonyl (C=O) groups is 1. The van der Waals surface area contributed by atoms with Crippen molar-refractivity contribution in [2.75, 3.05) is 25.5 Å². The van der Waals surface area contributed by atoms with Crippen LogP contribution in [0.15, 0.2) is 0 Å². The zero-order valence-corrected chi connectivity index (χ0v) is 10.3. The van der Waals surface area contributed by atoms with Gasteiger partial charge in [0.1, 0.15) is 0 Å². The Hall–Kier alpha value is -1.60. The maximum Gasteiger partial charge on any atom is 0.274 e. The lowest BCUT2D eigenvalue weighted by molar-refractivity contribution is -0.0605. The van der Waals surface area contributed by atoms with Crippen LogP contribution in [-0.2, 0) is 4.74 Å². The van der Waals surface area contributed by atoms with Crippen molar-refractivity contribution in [3.63, 3.8) is 0 Å². The summed E-state index contributed by atoms with van der Waals surface area (Å²) in [4.78, 5) is 11.8. The molecule has 1 aromatic heterocycles. The number of anilines is 1. The van der Waals surface area contributed by atoms with E-state index in [0.29, 0.717) is 37.4 Å². The zero-order chi connectivity index (χ0) is 13.2. The molecular weight excluding hydrogens is 236 g/mol. The van der Waals surface area contributed by atoms with Gasteiger partial charge in [0.2, 0.25) is 0 Å². The summed E-state index contributed by atoms with van der Waals surface area (Å²) >= 11 is 0. The van der Waals surface area contributed by atoms with Gasteiger partial charge in [-0.1, -0.05) is 0 Å². The largest absolute Gasteiger partial charge is 0.395 e. The molecule has 0 spiro atoms. The van der Waals surface area contributed by atoms with Gasteiger partial charge in [0.15, 0.2) is 5.69 Å². The van der Waals surface area contributed by atoms with Crippen molar-refractivity contribution in [2.45, 2.75) is 25.4 Å². The van der Waals surface area contributed by atoms with E-state index in [1.54, 1.807) is 6.92 Å². The van der Waals surface area contributed by atoms with Crippen LogP contribution in [0.3, 0.4) is 0 Å². The van der Waals surface area contributed by atoms with E-state index in [0.717, 1.165) is 0 Å². The van der Waals surface area contributed by atoms with Crippen molar-refractivity contribution in [1.29, 1.82) is 0 Å². The Kier molecular flexibility index (Phi) is 3.53. The molecule has 1 fully saturated rings. The van der Waals surface area contributed by atoms with Crippen LogP contribution in [0.1, 0.15) is 29.0 Å². The molecule has 0 atom stereocenters. The first-order chi connectivity index (χ1) is 8.52. The van der Waals surface area contributed by atoms with Crippen molar-refractivity contribution >= 4 is 11.6 Å². The van der Waals surface area contributed by atoms with Gasteiger partial charge < -0.3 is 20.9 Å². The molecule has 0 aromatic carbocycles. The summed E-state index contributed by atoms with van der Waals surface area (Å²) in [7, 11) is 0. The first kappa shape index (κ1) is 12.8. The summed E-state index contributed by atoms with van der Waals surface area (Å²) in [5.74, 6) is -0.378. The summed E-state index contributed by atoms with van der Waals surface area (Å²) in [5, 5.41) is 19.3. The normalized spacial score (nSPS) is 18.6. The molecule has 1 saturated heterocycles. The Bertz CT molecular complexity index is 437. The Morgan fingerprint density at radius 3 is 2.83 bits per heavy atom. The number of nitrogen functional groups attached to an aromatic ring is 1. The van der Waals surface area contributed by atoms with Gasteiger partial charge in [0.05, 0.1) is 17.0 Å².